The first-order valence-electron chi connectivity index (χ1n) is 7.05. The molecule has 1 saturated heterocycles. The third-order valence-electron chi connectivity index (χ3n) is 3.49. The van der Waals surface area contributed by atoms with Gasteiger partial charge >= 0.3 is 0 Å². The van der Waals surface area contributed by atoms with Crippen LogP contribution in [0.4, 0.5) is 0 Å². The van der Waals surface area contributed by atoms with Crippen LogP contribution in [0.15, 0.2) is 24.5 Å². The standard InChI is InChI=1S/C14H22N2O4S/c1-19-8-6-16(10-13-3-2-5-15-9-13)21(17,18)12-14-4-7-20-11-14/h2-3,5,9,14H,4,6-8,10-12H2,1H3. The summed E-state index contributed by atoms with van der Waals surface area (Å²) in [6.07, 6.45) is 4.17. The van der Waals surface area contributed by atoms with Crippen molar-refractivity contribution < 1.29 is 17.9 Å². The normalized spacial score (nSPS) is 19.2. The van der Waals surface area contributed by atoms with Gasteiger partial charge in [0.2, 0.25) is 10.0 Å². The minimum absolute atomic E-state index is 0.0916. The number of sulfonamides is 1. The predicted molar refractivity (Wildman–Crippen MR) is 79.2 cm³/mol. The van der Waals surface area contributed by atoms with Crippen LogP contribution in [0.5, 0.6) is 0 Å². The van der Waals surface area contributed by atoms with Crippen LogP contribution in [0.1, 0.15) is 12.0 Å². The molecule has 1 aliphatic heterocycles. The Balaban J connectivity index is 2.06. The van der Waals surface area contributed by atoms with E-state index >= 15 is 0 Å². The van der Waals surface area contributed by atoms with Gasteiger partial charge in [0, 0.05) is 39.2 Å². The van der Waals surface area contributed by atoms with Gasteiger partial charge in [-0.3, -0.25) is 4.98 Å². The lowest BCUT2D eigenvalue weighted by molar-refractivity contribution is 0.176. The molecule has 0 amide bonds. The Morgan fingerprint density at radius 2 is 2.38 bits per heavy atom. The maximum atomic E-state index is 12.6. The summed E-state index contributed by atoms with van der Waals surface area (Å²) in [5.74, 6) is 0.228. The maximum Gasteiger partial charge on any atom is 0.214 e. The Bertz CT molecular complexity index is 515. The number of methoxy groups -OCH3 is 1. The molecule has 7 heteroatoms. The Labute approximate surface area is 126 Å². The summed E-state index contributed by atoms with van der Waals surface area (Å²) in [6.45, 7) is 2.24. The van der Waals surface area contributed by atoms with Crippen LogP contribution in [-0.2, 0) is 26.0 Å². The van der Waals surface area contributed by atoms with E-state index in [1.54, 1.807) is 25.6 Å². The molecular weight excluding hydrogens is 292 g/mol. The molecule has 1 aromatic rings. The zero-order valence-electron chi connectivity index (χ0n) is 12.3. The molecule has 1 unspecified atom stereocenters. The molecule has 0 aromatic carbocycles. The van der Waals surface area contributed by atoms with Gasteiger partial charge in [-0.25, -0.2) is 8.42 Å². The molecular formula is C14H22N2O4S. The average Bonchev–Trinajstić information content (AvgIpc) is 2.96. The lowest BCUT2D eigenvalue weighted by Crippen LogP contribution is -2.37. The van der Waals surface area contributed by atoms with E-state index in [1.165, 1.54) is 4.31 Å². The van der Waals surface area contributed by atoms with Gasteiger partial charge in [-0.05, 0) is 24.0 Å². The van der Waals surface area contributed by atoms with E-state index in [0.29, 0.717) is 32.9 Å². The van der Waals surface area contributed by atoms with E-state index in [9.17, 15) is 8.42 Å². The van der Waals surface area contributed by atoms with Crippen molar-refractivity contribution in [3.8, 4) is 0 Å². The fourth-order valence-electron chi connectivity index (χ4n) is 2.32. The molecule has 0 spiro atoms. The highest BCUT2D eigenvalue weighted by Crippen LogP contribution is 2.18. The van der Waals surface area contributed by atoms with Crippen LogP contribution in [0.3, 0.4) is 0 Å². The van der Waals surface area contributed by atoms with Crippen LogP contribution in [0.2, 0.25) is 0 Å². The highest BCUT2D eigenvalue weighted by atomic mass is 32.2. The van der Waals surface area contributed by atoms with Crippen LogP contribution in [0.25, 0.3) is 0 Å². The molecule has 6 nitrogen and oxygen atoms in total. The summed E-state index contributed by atoms with van der Waals surface area (Å²) < 4.78 is 37.0. The summed E-state index contributed by atoms with van der Waals surface area (Å²) in [5.41, 5.74) is 0.875. The Morgan fingerprint density at radius 3 is 3.00 bits per heavy atom. The first-order chi connectivity index (χ1) is 10.1. The second-order valence-electron chi connectivity index (χ2n) is 5.20. The SMILES string of the molecule is COCCN(Cc1cccnc1)S(=O)(=O)CC1CCOC1. The van der Waals surface area contributed by atoms with Crippen molar-refractivity contribution in [3.63, 3.8) is 0 Å². The van der Waals surface area contributed by atoms with E-state index < -0.39 is 10.0 Å². The number of hydrogen-bond acceptors (Lipinski definition) is 5. The number of aromatic nitrogens is 1. The van der Waals surface area contributed by atoms with E-state index in [1.807, 2.05) is 6.07 Å². The topological polar surface area (TPSA) is 68.7 Å². The van der Waals surface area contributed by atoms with Crippen LogP contribution < -0.4 is 0 Å². The zero-order chi connectivity index (χ0) is 15.1. The molecule has 1 aromatic heterocycles. The van der Waals surface area contributed by atoms with Gasteiger partial charge in [-0.2, -0.15) is 4.31 Å². The van der Waals surface area contributed by atoms with Gasteiger partial charge in [-0.1, -0.05) is 6.07 Å². The van der Waals surface area contributed by atoms with Gasteiger partial charge < -0.3 is 9.47 Å². The smallest absolute Gasteiger partial charge is 0.214 e. The summed E-state index contributed by atoms with van der Waals surface area (Å²) in [6, 6.07) is 3.68. The van der Waals surface area contributed by atoms with Gasteiger partial charge in [0.15, 0.2) is 0 Å². The Hall–Kier alpha value is -1.02. The summed E-state index contributed by atoms with van der Waals surface area (Å²) in [5, 5.41) is 0. The van der Waals surface area contributed by atoms with Crippen LogP contribution in [-0.4, -0.2) is 56.9 Å². The van der Waals surface area contributed by atoms with Crippen LogP contribution >= 0.6 is 0 Å². The minimum atomic E-state index is -3.33. The molecule has 1 fully saturated rings. The summed E-state index contributed by atoms with van der Waals surface area (Å²) in [7, 11) is -1.76. The minimum Gasteiger partial charge on any atom is -0.383 e. The molecule has 2 rings (SSSR count). The largest absolute Gasteiger partial charge is 0.383 e. The molecule has 0 radical (unpaired) electrons. The van der Waals surface area contributed by atoms with Crippen molar-refractivity contribution in [1.82, 2.24) is 9.29 Å². The fourth-order valence-corrected chi connectivity index (χ4v) is 4.09. The van der Waals surface area contributed by atoms with Gasteiger partial charge in [-0.15, -0.1) is 0 Å². The van der Waals surface area contributed by atoms with Gasteiger partial charge in [0.1, 0.15) is 0 Å². The number of pyridine rings is 1. The predicted octanol–water partition coefficient (Wildman–Crippen LogP) is 0.896. The van der Waals surface area contributed by atoms with Crippen molar-refractivity contribution in [3.05, 3.63) is 30.1 Å². The lowest BCUT2D eigenvalue weighted by Gasteiger charge is -2.23. The van der Waals surface area contributed by atoms with E-state index in [-0.39, 0.29) is 11.7 Å². The second-order valence-corrected chi connectivity index (χ2v) is 7.21. The molecule has 0 bridgehead atoms. The molecule has 118 valence electrons. The number of rotatable bonds is 8. The monoisotopic (exact) mass is 314 g/mol. The average molecular weight is 314 g/mol. The Kier molecular flexibility index (Phi) is 6.10. The van der Waals surface area contributed by atoms with Crippen LogP contribution in [0, 0.1) is 5.92 Å². The van der Waals surface area contributed by atoms with E-state index in [2.05, 4.69) is 4.98 Å². The van der Waals surface area contributed by atoms with E-state index in [0.717, 1.165) is 12.0 Å². The molecule has 0 aliphatic carbocycles. The summed E-state index contributed by atoms with van der Waals surface area (Å²) in [4.78, 5) is 4.03. The van der Waals surface area contributed by atoms with Crippen molar-refractivity contribution in [1.29, 1.82) is 0 Å². The molecule has 2 heterocycles. The van der Waals surface area contributed by atoms with E-state index in [4.69, 9.17) is 9.47 Å². The Morgan fingerprint density at radius 1 is 1.52 bits per heavy atom. The number of ether oxygens (including phenoxy) is 2. The second kappa shape index (κ2) is 7.84. The summed E-state index contributed by atoms with van der Waals surface area (Å²) >= 11 is 0. The first-order valence-corrected chi connectivity index (χ1v) is 8.66. The van der Waals surface area contributed by atoms with Crippen molar-refractivity contribution in [2.75, 3.05) is 39.2 Å². The zero-order valence-corrected chi connectivity index (χ0v) is 13.1. The lowest BCUT2D eigenvalue weighted by atomic mass is 10.2. The van der Waals surface area contributed by atoms with Crippen molar-refractivity contribution in [2.24, 2.45) is 5.92 Å². The molecule has 1 atom stereocenters. The fraction of sp³-hybridized carbons (Fsp3) is 0.643. The van der Waals surface area contributed by atoms with Crippen molar-refractivity contribution in [2.45, 2.75) is 13.0 Å². The number of hydrogen-bond donors (Lipinski definition) is 0. The van der Waals surface area contributed by atoms with Gasteiger partial charge in [0.25, 0.3) is 0 Å². The maximum absolute atomic E-state index is 12.6. The quantitative estimate of drug-likeness (QED) is 0.713. The molecule has 0 N–H and O–H groups in total. The molecule has 1 aliphatic rings. The highest BCUT2D eigenvalue weighted by Gasteiger charge is 2.28. The molecule has 0 saturated carbocycles. The van der Waals surface area contributed by atoms with Gasteiger partial charge in [0.05, 0.1) is 19.0 Å². The van der Waals surface area contributed by atoms with Crippen molar-refractivity contribution >= 4 is 10.0 Å². The third-order valence-corrected chi connectivity index (χ3v) is 5.48. The molecule has 21 heavy (non-hydrogen) atoms. The third kappa shape index (κ3) is 5.03. The first kappa shape index (κ1) is 16.4. The number of nitrogens with zero attached hydrogens (tertiary/aromatic N) is 2. The highest BCUT2D eigenvalue weighted by molar-refractivity contribution is 7.89.